The summed E-state index contributed by atoms with van der Waals surface area (Å²) in [5.41, 5.74) is -0.0515. The SMILES string of the molecule is CC(C)COc1ccccc1Nc1nc(N(OC(C)C)c2ccccc2)ncc1C(F)(F)F. The van der Waals surface area contributed by atoms with Crippen LogP contribution < -0.4 is 15.1 Å². The zero-order chi connectivity index (χ0) is 24.0. The number of halogens is 3. The molecule has 3 aromatic rings. The van der Waals surface area contributed by atoms with Gasteiger partial charge in [-0.1, -0.05) is 44.2 Å². The molecule has 0 fully saturated rings. The van der Waals surface area contributed by atoms with Gasteiger partial charge in [0.15, 0.2) is 0 Å². The highest BCUT2D eigenvalue weighted by atomic mass is 19.4. The second-order valence-corrected chi connectivity index (χ2v) is 8.04. The number of hydrogen-bond donors (Lipinski definition) is 1. The molecule has 3 rings (SSSR count). The van der Waals surface area contributed by atoms with Crippen LogP contribution in [0, 0.1) is 5.92 Å². The molecule has 0 aliphatic carbocycles. The minimum atomic E-state index is -4.66. The normalized spacial score (nSPS) is 11.7. The highest BCUT2D eigenvalue weighted by Gasteiger charge is 2.36. The number of aromatic nitrogens is 2. The molecule has 176 valence electrons. The van der Waals surface area contributed by atoms with Gasteiger partial charge in [-0.05, 0) is 44.0 Å². The fourth-order valence-corrected chi connectivity index (χ4v) is 2.85. The smallest absolute Gasteiger partial charge is 0.421 e. The molecule has 0 saturated carbocycles. The predicted molar refractivity (Wildman–Crippen MR) is 122 cm³/mol. The van der Waals surface area contributed by atoms with E-state index in [4.69, 9.17) is 9.57 Å². The fraction of sp³-hybridized carbons (Fsp3) is 0.333. The number of para-hydroxylation sites is 3. The molecule has 0 unspecified atom stereocenters. The van der Waals surface area contributed by atoms with Gasteiger partial charge >= 0.3 is 6.18 Å². The Kier molecular flexibility index (Phi) is 7.75. The van der Waals surface area contributed by atoms with E-state index < -0.39 is 17.6 Å². The minimum absolute atomic E-state index is 0.0361. The maximum atomic E-state index is 13.8. The Morgan fingerprint density at radius 3 is 2.27 bits per heavy atom. The molecule has 0 amide bonds. The second kappa shape index (κ2) is 10.5. The third kappa shape index (κ3) is 6.58. The largest absolute Gasteiger partial charge is 0.491 e. The Hall–Kier alpha value is -3.33. The third-order valence-electron chi connectivity index (χ3n) is 4.28. The van der Waals surface area contributed by atoms with Gasteiger partial charge in [0.1, 0.15) is 17.1 Å². The number of rotatable bonds is 9. The van der Waals surface area contributed by atoms with E-state index in [1.54, 1.807) is 48.5 Å². The van der Waals surface area contributed by atoms with Crippen molar-refractivity contribution in [1.29, 1.82) is 0 Å². The standard InChI is InChI=1S/C24H27F3N4O2/c1-16(2)15-32-21-13-9-8-12-20(21)29-22-19(24(25,26)27)14-28-23(30-22)31(33-17(3)4)18-10-6-5-7-11-18/h5-14,16-17H,15H2,1-4H3,(H,28,29,30). The molecule has 1 aromatic heterocycles. The molecule has 0 spiro atoms. The molecule has 2 aromatic carbocycles. The van der Waals surface area contributed by atoms with Crippen molar-refractivity contribution < 1.29 is 22.7 Å². The zero-order valence-electron chi connectivity index (χ0n) is 18.9. The summed E-state index contributed by atoms with van der Waals surface area (Å²) in [4.78, 5) is 14.0. The molecule has 0 atom stereocenters. The number of ether oxygens (including phenoxy) is 1. The predicted octanol–water partition coefficient (Wildman–Crippen LogP) is 6.75. The average molecular weight is 461 g/mol. The van der Waals surface area contributed by atoms with Crippen molar-refractivity contribution >= 4 is 23.1 Å². The van der Waals surface area contributed by atoms with E-state index in [2.05, 4.69) is 15.3 Å². The van der Waals surface area contributed by atoms with E-state index in [9.17, 15) is 13.2 Å². The molecule has 0 saturated heterocycles. The Bertz CT molecular complexity index is 1040. The Labute approximate surface area is 191 Å². The summed E-state index contributed by atoms with van der Waals surface area (Å²) in [6, 6.07) is 15.7. The summed E-state index contributed by atoms with van der Waals surface area (Å²) in [6.45, 7) is 8.01. The number of anilines is 4. The molecule has 6 nitrogen and oxygen atoms in total. The number of benzene rings is 2. The van der Waals surface area contributed by atoms with E-state index in [-0.39, 0.29) is 18.0 Å². The molecular weight excluding hydrogens is 433 g/mol. The molecule has 0 aliphatic heterocycles. The van der Waals surface area contributed by atoms with Crippen molar-refractivity contribution in [1.82, 2.24) is 9.97 Å². The van der Waals surface area contributed by atoms with E-state index in [0.29, 0.717) is 23.7 Å². The second-order valence-electron chi connectivity index (χ2n) is 8.04. The molecule has 1 heterocycles. The van der Waals surface area contributed by atoms with E-state index in [0.717, 1.165) is 6.20 Å². The summed E-state index contributed by atoms with van der Waals surface area (Å²) in [6.07, 6.45) is -4.18. The van der Waals surface area contributed by atoms with Crippen LogP contribution in [0.25, 0.3) is 0 Å². The van der Waals surface area contributed by atoms with Crippen LogP contribution in [-0.2, 0) is 11.0 Å². The zero-order valence-corrected chi connectivity index (χ0v) is 18.9. The van der Waals surface area contributed by atoms with Gasteiger partial charge in [-0.25, -0.2) is 4.98 Å². The van der Waals surface area contributed by atoms with E-state index in [1.165, 1.54) is 5.06 Å². The van der Waals surface area contributed by atoms with Gasteiger partial charge in [-0.2, -0.15) is 23.2 Å². The van der Waals surface area contributed by atoms with Gasteiger partial charge < -0.3 is 10.1 Å². The first kappa shape index (κ1) is 24.3. The molecule has 9 heteroatoms. The Morgan fingerprint density at radius 1 is 0.970 bits per heavy atom. The first-order valence-electron chi connectivity index (χ1n) is 10.6. The first-order chi connectivity index (χ1) is 15.6. The summed E-state index contributed by atoms with van der Waals surface area (Å²) < 4.78 is 47.1. The van der Waals surface area contributed by atoms with Gasteiger partial charge in [0.05, 0.1) is 24.1 Å². The van der Waals surface area contributed by atoms with Crippen LogP contribution in [0.2, 0.25) is 0 Å². The lowest BCUT2D eigenvalue weighted by atomic mass is 10.2. The van der Waals surface area contributed by atoms with Crippen LogP contribution in [0.3, 0.4) is 0 Å². The minimum Gasteiger partial charge on any atom is -0.491 e. The molecule has 0 radical (unpaired) electrons. The molecule has 0 aliphatic rings. The van der Waals surface area contributed by atoms with Crippen LogP contribution in [0.15, 0.2) is 60.8 Å². The van der Waals surface area contributed by atoms with Crippen molar-refractivity contribution in [2.24, 2.45) is 5.92 Å². The summed E-state index contributed by atoms with van der Waals surface area (Å²) in [5.74, 6) is 0.243. The summed E-state index contributed by atoms with van der Waals surface area (Å²) >= 11 is 0. The van der Waals surface area contributed by atoms with Crippen molar-refractivity contribution in [2.45, 2.75) is 40.0 Å². The quantitative estimate of drug-likeness (QED) is 0.356. The summed E-state index contributed by atoms with van der Waals surface area (Å²) in [7, 11) is 0. The Morgan fingerprint density at radius 2 is 1.64 bits per heavy atom. The Balaban J connectivity index is 2.04. The van der Waals surface area contributed by atoms with Gasteiger partial charge in [0, 0.05) is 6.20 Å². The van der Waals surface area contributed by atoms with Crippen LogP contribution in [0.1, 0.15) is 33.3 Å². The van der Waals surface area contributed by atoms with Crippen molar-refractivity contribution in [3.63, 3.8) is 0 Å². The lowest BCUT2D eigenvalue weighted by Crippen LogP contribution is -2.25. The first-order valence-corrected chi connectivity index (χ1v) is 10.6. The number of nitrogens with one attached hydrogen (secondary N) is 1. The van der Waals surface area contributed by atoms with Crippen LogP contribution in [0.5, 0.6) is 5.75 Å². The molecule has 33 heavy (non-hydrogen) atoms. The van der Waals surface area contributed by atoms with E-state index >= 15 is 0 Å². The van der Waals surface area contributed by atoms with Gasteiger partial charge in [0.2, 0.25) is 0 Å². The van der Waals surface area contributed by atoms with Crippen molar-refractivity contribution in [3.05, 3.63) is 66.4 Å². The average Bonchev–Trinajstić information content (AvgIpc) is 2.76. The lowest BCUT2D eigenvalue weighted by molar-refractivity contribution is -0.137. The highest BCUT2D eigenvalue weighted by Crippen LogP contribution is 2.38. The lowest BCUT2D eigenvalue weighted by Gasteiger charge is -2.25. The van der Waals surface area contributed by atoms with Gasteiger partial charge in [0.25, 0.3) is 5.95 Å². The summed E-state index contributed by atoms with van der Waals surface area (Å²) in [5, 5.41) is 4.11. The number of hydrogen-bond acceptors (Lipinski definition) is 6. The van der Waals surface area contributed by atoms with Crippen LogP contribution >= 0.6 is 0 Å². The fourth-order valence-electron chi connectivity index (χ4n) is 2.85. The van der Waals surface area contributed by atoms with Crippen LogP contribution in [-0.4, -0.2) is 22.7 Å². The monoisotopic (exact) mass is 460 g/mol. The van der Waals surface area contributed by atoms with Gasteiger partial charge in [-0.3, -0.25) is 4.84 Å². The maximum Gasteiger partial charge on any atom is 0.421 e. The molecule has 0 bridgehead atoms. The van der Waals surface area contributed by atoms with E-state index in [1.807, 2.05) is 33.8 Å². The number of nitrogens with zero attached hydrogens (tertiary/aromatic N) is 3. The van der Waals surface area contributed by atoms with Crippen molar-refractivity contribution in [2.75, 3.05) is 17.0 Å². The van der Waals surface area contributed by atoms with Crippen LogP contribution in [0.4, 0.5) is 36.3 Å². The topological polar surface area (TPSA) is 59.5 Å². The molecule has 1 N–H and O–H groups in total. The molecular formula is C24H27F3N4O2. The van der Waals surface area contributed by atoms with Gasteiger partial charge in [-0.15, -0.1) is 0 Å². The van der Waals surface area contributed by atoms with Crippen molar-refractivity contribution in [3.8, 4) is 5.75 Å². The third-order valence-corrected chi connectivity index (χ3v) is 4.28. The highest BCUT2D eigenvalue weighted by molar-refractivity contribution is 5.67. The number of alkyl halides is 3. The maximum absolute atomic E-state index is 13.8.